The number of aromatic hydroxyl groups is 1. The summed E-state index contributed by atoms with van der Waals surface area (Å²) in [6.07, 6.45) is 0.203. The Morgan fingerprint density at radius 3 is 2.50 bits per heavy atom. The standard InChI is InChI=1S/C20H17F2NO3/c21-16-8-7-15(18(22)19(16)24)11-23-17(20(25)26)10-12-5-6-13-3-1-2-4-14(13)9-12/h1-9,17,23-24H,10-11H2,(H,25,26)/t17-/m0/s1. The maximum atomic E-state index is 13.8. The molecule has 3 aromatic rings. The molecule has 0 radical (unpaired) electrons. The smallest absolute Gasteiger partial charge is 0.321 e. The van der Waals surface area contributed by atoms with Crippen molar-refractivity contribution < 1.29 is 23.8 Å². The van der Waals surface area contributed by atoms with Gasteiger partial charge in [-0.3, -0.25) is 10.1 Å². The van der Waals surface area contributed by atoms with Gasteiger partial charge in [0.2, 0.25) is 0 Å². The first-order valence-electron chi connectivity index (χ1n) is 8.05. The number of halogens is 2. The summed E-state index contributed by atoms with van der Waals surface area (Å²) in [7, 11) is 0. The van der Waals surface area contributed by atoms with Gasteiger partial charge in [-0.05, 0) is 28.8 Å². The predicted molar refractivity (Wildman–Crippen MR) is 93.9 cm³/mol. The third kappa shape index (κ3) is 3.81. The molecular weight excluding hydrogens is 340 g/mol. The highest BCUT2D eigenvalue weighted by molar-refractivity contribution is 5.83. The number of hydrogen-bond donors (Lipinski definition) is 3. The highest BCUT2D eigenvalue weighted by Gasteiger charge is 2.19. The van der Waals surface area contributed by atoms with Crippen LogP contribution in [0.25, 0.3) is 10.8 Å². The van der Waals surface area contributed by atoms with Gasteiger partial charge in [-0.15, -0.1) is 0 Å². The normalized spacial score (nSPS) is 12.2. The average molecular weight is 357 g/mol. The zero-order valence-corrected chi connectivity index (χ0v) is 13.7. The Bertz CT molecular complexity index is 959. The number of carbonyl (C=O) groups is 1. The van der Waals surface area contributed by atoms with Gasteiger partial charge in [-0.25, -0.2) is 8.78 Å². The molecule has 0 saturated carbocycles. The molecule has 3 rings (SSSR count). The summed E-state index contributed by atoms with van der Waals surface area (Å²) in [5.41, 5.74) is 0.819. The van der Waals surface area contributed by atoms with E-state index in [4.69, 9.17) is 0 Å². The third-order valence-electron chi connectivity index (χ3n) is 4.24. The summed E-state index contributed by atoms with van der Waals surface area (Å²) in [5.74, 6) is -4.29. The number of phenolic OH excluding ortho intramolecular Hbond substituents is 1. The van der Waals surface area contributed by atoms with Gasteiger partial charge >= 0.3 is 5.97 Å². The average Bonchev–Trinajstić information content (AvgIpc) is 2.64. The van der Waals surface area contributed by atoms with E-state index in [1.165, 1.54) is 6.07 Å². The van der Waals surface area contributed by atoms with Gasteiger partial charge in [0, 0.05) is 12.1 Å². The fourth-order valence-corrected chi connectivity index (χ4v) is 2.80. The van der Waals surface area contributed by atoms with Crippen molar-refractivity contribution in [3.63, 3.8) is 0 Å². The third-order valence-corrected chi connectivity index (χ3v) is 4.24. The lowest BCUT2D eigenvalue weighted by Crippen LogP contribution is -2.38. The van der Waals surface area contributed by atoms with Gasteiger partial charge < -0.3 is 10.2 Å². The van der Waals surface area contributed by atoms with Crippen LogP contribution >= 0.6 is 0 Å². The van der Waals surface area contributed by atoms with Gasteiger partial charge in [0.1, 0.15) is 6.04 Å². The molecule has 134 valence electrons. The van der Waals surface area contributed by atoms with E-state index in [1.54, 1.807) is 0 Å². The number of carboxylic acid groups (broad SMARTS) is 1. The Kier molecular flexibility index (Phi) is 5.14. The number of benzene rings is 3. The molecule has 0 aliphatic rings. The lowest BCUT2D eigenvalue weighted by atomic mass is 10.0. The van der Waals surface area contributed by atoms with Crippen LogP contribution in [-0.2, 0) is 17.8 Å². The van der Waals surface area contributed by atoms with E-state index < -0.39 is 29.4 Å². The number of carboxylic acids is 1. The first kappa shape index (κ1) is 17.8. The zero-order chi connectivity index (χ0) is 18.7. The maximum Gasteiger partial charge on any atom is 0.321 e. The van der Waals surface area contributed by atoms with E-state index in [0.29, 0.717) is 0 Å². The fraction of sp³-hybridized carbons (Fsp3) is 0.150. The minimum Gasteiger partial charge on any atom is -0.503 e. The van der Waals surface area contributed by atoms with Crippen molar-refractivity contribution in [1.82, 2.24) is 5.32 Å². The molecule has 1 atom stereocenters. The lowest BCUT2D eigenvalue weighted by molar-refractivity contribution is -0.139. The summed E-state index contributed by atoms with van der Waals surface area (Å²) in [5, 5.41) is 23.5. The van der Waals surface area contributed by atoms with E-state index in [0.717, 1.165) is 22.4 Å². The molecule has 3 aromatic carbocycles. The second-order valence-corrected chi connectivity index (χ2v) is 6.03. The molecular formula is C20H17F2NO3. The SMILES string of the molecule is O=C(O)[C@H](Cc1ccc2ccccc2c1)NCc1ccc(F)c(O)c1F. The summed E-state index contributed by atoms with van der Waals surface area (Å²) >= 11 is 0. The first-order chi connectivity index (χ1) is 12.5. The molecule has 0 saturated heterocycles. The molecule has 4 nitrogen and oxygen atoms in total. The number of rotatable bonds is 6. The van der Waals surface area contributed by atoms with Crippen molar-refractivity contribution in [3.8, 4) is 5.75 Å². The molecule has 6 heteroatoms. The predicted octanol–water partition coefficient (Wildman–Crippen LogP) is 3.61. The maximum absolute atomic E-state index is 13.8. The van der Waals surface area contributed by atoms with Gasteiger partial charge in [0.25, 0.3) is 0 Å². The first-order valence-corrected chi connectivity index (χ1v) is 8.05. The molecule has 0 aliphatic heterocycles. The summed E-state index contributed by atoms with van der Waals surface area (Å²) in [6.45, 7) is -0.149. The molecule has 26 heavy (non-hydrogen) atoms. The van der Waals surface area contributed by atoms with Gasteiger partial charge in [-0.2, -0.15) is 0 Å². The lowest BCUT2D eigenvalue weighted by Gasteiger charge is -2.16. The monoisotopic (exact) mass is 357 g/mol. The molecule has 0 aromatic heterocycles. The molecule has 3 N–H and O–H groups in total. The highest BCUT2D eigenvalue weighted by atomic mass is 19.1. The Hall–Kier alpha value is -2.99. The summed E-state index contributed by atoms with van der Waals surface area (Å²) in [6, 6.07) is 14.6. The molecule has 0 unspecified atom stereocenters. The van der Waals surface area contributed by atoms with Crippen LogP contribution in [0, 0.1) is 11.6 Å². The van der Waals surface area contributed by atoms with E-state index in [-0.39, 0.29) is 18.5 Å². The van der Waals surface area contributed by atoms with E-state index in [2.05, 4.69) is 5.32 Å². The number of phenols is 1. The topological polar surface area (TPSA) is 69.6 Å². The van der Waals surface area contributed by atoms with Crippen molar-refractivity contribution in [2.24, 2.45) is 0 Å². The Morgan fingerprint density at radius 1 is 1.04 bits per heavy atom. The highest BCUT2D eigenvalue weighted by Crippen LogP contribution is 2.23. The minimum absolute atomic E-state index is 0.00587. The van der Waals surface area contributed by atoms with Crippen molar-refractivity contribution in [3.05, 3.63) is 77.4 Å². The Balaban J connectivity index is 1.75. The van der Waals surface area contributed by atoms with E-state index in [1.807, 2.05) is 42.5 Å². The van der Waals surface area contributed by atoms with Crippen molar-refractivity contribution in [2.75, 3.05) is 0 Å². The van der Waals surface area contributed by atoms with Crippen LogP contribution in [-0.4, -0.2) is 22.2 Å². The fourth-order valence-electron chi connectivity index (χ4n) is 2.80. The van der Waals surface area contributed by atoms with Crippen molar-refractivity contribution in [2.45, 2.75) is 19.0 Å². The minimum atomic E-state index is -1.09. The van der Waals surface area contributed by atoms with Gasteiger partial charge in [-0.1, -0.05) is 48.5 Å². The molecule has 0 bridgehead atoms. The summed E-state index contributed by atoms with van der Waals surface area (Å²) in [4.78, 5) is 11.5. The number of fused-ring (bicyclic) bond motifs is 1. The second kappa shape index (κ2) is 7.49. The van der Waals surface area contributed by atoms with Crippen molar-refractivity contribution >= 4 is 16.7 Å². The van der Waals surface area contributed by atoms with Crippen LogP contribution in [0.1, 0.15) is 11.1 Å². The second-order valence-electron chi connectivity index (χ2n) is 6.03. The van der Waals surface area contributed by atoms with Crippen LogP contribution in [0.2, 0.25) is 0 Å². The van der Waals surface area contributed by atoms with Crippen molar-refractivity contribution in [1.29, 1.82) is 0 Å². The molecule has 0 fully saturated rings. The molecule has 0 aliphatic carbocycles. The quantitative estimate of drug-likeness (QED) is 0.630. The Labute approximate surface area is 148 Å². The van der Waals surface area contributed by atoms with Gasteiger partial charge in [0.05, 0.1) is 0 Å². The van der Waals surface area contributed by atoms with E-state index >= 15 is 0 Å². The molecule has 0 spiro atoms. The Morgan fingerprint density at radius 2 is 1.77 bits per heavy atom. The molecule has 0 amide bonds. The number of hydrogen-bond acceptors (Lipinski definition) is 3. The molecule has 0 heterocycles. The van der Waals surface area contributed by atoms with Crippen LogP contribution in [0.5, 0.6) is 5.75 Å². The van der Waals surface area contributed by atoms with Crippen LogP contribution in [0.4, 0.5) is 8.78 Å². The summed E-state index contributed by atoms with van der Waals surface area (Å²) < 4.78 is 26.9. The number of aliphatic carboxylic acids is 1. The van der Waals surface area contributed by atoms with Gasteiger partial charge in [0.15, 0.2) is 17.4 Å². The van der Waals surface area contributed by atoms with Crippen LogP contribution in [0.15, 0.2) is 54.6 Å². The largest absolute Gasteiger partial charge is 0.503 e. The zero-order valence-electron chi connectivity index (χ0n) is 13.7. The van der Waals surface area contributed by atoms with Crippen LogP contribution in [0.3, 0.4) is 0 Å². The number of nitrogens with one attached hydrogen (secondary N) is 1. The van der Waals surface area contributed by atoms with E-state index in [9.17, 15) is 23.8 Å². The van der Waals surface area contributed by atoms with Crippen LogP contribution < -0.4 is 5.32 Å².